The summed E-state index contributed by atoms with van der Waals surface area (Å²) in [5.74, 6) is 1.09. The Labute approximate surface area is 118 Å². The summed E-state index contributed by atoms with van der Waals surface area (Å²) >= 11 is 1.80. The van der Waals surface area contributed by atoms with Crippen LogP contribution in [-0.4, -0.2) is 28.4 Å². The molecule has 0 N–H and O–H groups in total. The molecule has 1 aliphatic heterocycles. The van der Waals surface area contributed by atoms with Crippen molar-refractivity contribution in [3.8, 4) is 0 Å². The number of amidine groups is 1. The maximum Gasteiger partial charge on any atom is 0.164 e. The fourth-order valence-electron chi connectivity index (χ4n) is 2.06. The molecule has 1 atom stereocenters. The van der Waals surface area contributed by atoms with Gasteiger partial charge in [-0.15, -0.1) is 4.91 Å². The van der Waals surface area contributed by atoms with Crippen LogP contribution < -0.4 is 0 Å². The molecule has 102 valence electrons. The summed E-state index contributed by atoms with van der Waals surface area (Å²) in [6.07, 6.45) is 1.12. The van der Waals surface area contributed by atoms with Crippen molar-refractivity contribution in [2.75, 3.05) is 12.3 Å². The molecule has 5 heteroatoms. The quantitative estimate of drug-likeness (QED) is 0.774. The lowest BCUT2D eigenvalue weighted by atomic mass is 10.2. The predicted octanol–water partition coefficient (Wildman–Crippen LogP) is 4.23. The Balaban J connectivity index is 2.27. The average molecular weight is 277 g/mol. The minimum absolute atomic E-state index is 0.458. The predicted molar refractivity (Wildman–Crippen MR) is 82.6 cm³/mol. The van der Waals surface area contributed by atoms with E-state index in [1.807, 2.05) is 13.0 Å². The van der Waals surface area contributed by atoms with Crippen LogP contribution >= 0.6 is 11.8 Å². The first-order chi connectivity index (χ1) is 9.15. The normalized spacial score (nSPS) is 18.9. The standard InChI is InChI=1S/C14H19N3OS/c1-4-11(3)17-7-8-19-14(17)15-13-6-5-12(16-18)9-10(13)2/h5-6,9,11H,4,7-8H2,1-3H3. The molecule has 0 saturated carbocycles. The van der Waals surface area contributed by atoms with Crippen LogP contribution in [0.3, 0.4) is 0 Å². The second-order valence-corrected chi connectivity index (χ2v) is 5.82. The van der Waals surface area contributed by atoms with Gasteiger partial charge in [-0.25, -0.2) is 4.99 Å². The van der Waals surface area contributed by atoms with Gasteiger partial charge in [-0.2, -0.15) is 0 Å². The molecular weight excluding hydrogens is 258 g/mol. The van der Waals surface area contributed by atoms with Crippen LogP contribution in [0.25, 0.3) is 0 Å². The first kappa shape index (κ1) is 14.1. The summed E-state index contributed by atoms with van der Waals surface area (Å²) in [6.45, 7) is 7.45. The number of thioether (sulfide) groups is 1. The summed E-state index contributed by atoms with van der Waals surface area (Å²) in [7, 11) is 0. The molecule has 0 bridgehead atoms. The first-order valence-electron chi connectivity index (χ1n) is 6.57. The number of nitrogens with zero attached hydrogens (tertiary/aromatic N) is 3. The van der Waals surface area contributed by atoms with E-state index in [4.69, 9.17) is 4.99 Å². The second-order valence-electron chi connectivity index (χ2n) is 4.76. The smallest absolute Gasteiger partial charge is 0.164 e. The Morgan fingerprint density at radius 1 is 1.47 bits per heavy atom. The van der Waals surface area contributed by atoms with Crippen molar-refractivity contribution in [1.82, 2.24) is 4.90 Å². The van der Waals surface area contributed by atoms with Gasteiger partial charge >= 0.3 is 0 Å². The van der Waals surface area contributed by atoms with Gasteiger partial charge in [0.1, 0.15) is 5.69 Å². The average Bonchev–Trinajstić information content (AvgIpc) is 2.88. The maximum absolute atomic E-state index is 10.5. The Kier molecular flexibility index (Phi) is 4.58. The summed E-state index contributed by atoms with van der Waals surface area (Å²) in [6, 6.07) is 5.88. The lowest BCUT2D eigenvalue weighted by Gasteiger charge is -2.24. The van der Waals surface area contributed by atoms with E-state index in [9.17, 15) is 4.91 Å². The zero-order chi connectivity index (χ0) is 13.8. The van der Waals surface area contributed by atoms with Crippen molar-refractivity contribution < 1.29 is 0 Å². The van der Waals surface area contributed by atoms with Gasteiger partial charge in [0.2, 0.25) is 0 Å². The minimum atomic E-state index is 0.458. The van der Waals surface area contributed by atoms with Gasteiger partial charge < -0.3 is 4.90 Å². The van der Waals surface area contributed by atoms with Crippen LogP contribution in [0.2, 0.25) is 0 Å². The summed E-state index contributed by atoms with van der Waals surface area (Å²) < 4.78 is 0. The molecule has 0 aliphatic carbocycles. The number of nitroso groups, excluding NO2 is 1. The van der Waals surface area contributed by atoms with E-state index >= 15 is 0 Å². The Hall–Kier alpha value is -1.36. The highest BCUT2D eigenvalue weighted by Crippen LogP contribution is 2.29. The Morgan fingerprint density at radius 2 is 2.26 bits per heavy atom. The van der Waals surface area contributed by atoms with Crippen molar-refractivity contribution in [3.05, 3.63) is 28.7 Å². The number of aryl methyl sites for hydroxylation is 1. The van der Waals surface area contributed by atoms with E-state index in [0.29, 0.717) is 11.7 Å². The topological polar surface area (TPSA) is 45.0 Å². The largest absolute Gasteiger partial charge is 0.348 e. The zero-order valence-corrected chi connectivity index (χ0v) is 12.4. The minimum Gasteiger partial charge on any atom is -0.348 e. The highest BCUT2D eigenvalue weighted by atomic mass is 32.2. The van der Waals surface area contributed by atoms with Crippen LogP contribution in [-0.2, 0) is 0 Å². The van der Waals surface area contributed by atoms with Gasteiger partial charge in [0, 0.05) is 18.3 Å². The number of benzene rings is 1. The van der Waals surface area contributed by atoms with Gasteiger partial charge in [0.25, 0.3) is 0 Å². The van der Waals surface area contributed by atoms with Crippen LogP contribution in [0, 0.1) is 11.8 Å². The molecule has 19 heavy (non-hydrogen) atoms. The highest BCUT2D eigenvalue weighted by Gasteiger charge is 2.23. The number of rotatable bonds is 4. The van der Waals surface area contributed by atoms with Gasteiger partial charge in [0.05, 0.1) is 5.69 Å². The monoisotopic (exact) mass is 277 g/mol. The maximum atomic E-state index is 10.5. The van der Waals surface area contributed by atoms with Crippen molar-refractivity contribution in [3.63, 3.8) is 0 Å². The van der Waals surface area contributed by atoms with Gasteiger partial charge in [-0.05, 0) is 49.2 Å². The summed E-state index contributed by atoms with van der Waals surface area (Å²) in [4.78, 5) is 17.6. The lowest BCUT2D eigenvalue weighted by molar-refractivity contribution is 0.352. The fraction of sp³-hybridized carbons (Fsp3) is 0.500. The fourth-order valence-corrected chi connectivity index (χ4v) is 3.14. The molecule has 0 aromatic heterocycles. The molecule has 2 rings (SSSR count). The molecule has 1 aliphatic rings. The highest BCUT2D eigenvalue weighted by molar-refractivity contribution is 8.14. The Bertz CT molecular complexity index is 501. The van der Waals surface area contributed by atoms with E-state index in [0.717, 1.165) is 35.1 Å². The van der Waals surface area contributed by atoms with Gasteiger partial charge in [-0.3, -0.25) is 0 Å². The molecule has 1 aromatic carbocycles. The van der Waals surface area contributed by atoms with E-state index in [1.165, 1.54) is 0 Å². The lowest BCUT2D eigenvalue weighted by Crippen LogP contribution is -2.33. The molecule has 1 fully saturated rings. The van der Waals surface area contributed by atoms with Crippen molar-refractivity contribution in [2.45, 2.75) is 33.2 Å². The molecule has 1 heterocycles. The molecule has 1 aromatic rings. The molecule has 4 nitrogen and oxygen atoms in total. The molecule has 0 radical (unpaired) electrons. The molecular formula is C14H19N3OS. The van der Waals surface area contributed by atoms with Crippen LogP contribution in [0.15, 0.2) is 28.4 Å². The zero-order valence-electron chi connectivity index (χ0n) is 11.6. The van der Waals surface area contributed by atoms with Crippen molar-refractivity contribution >= 4 is 28.3 Å². The summed E-state index contributed by atoms with van der Waals surface area (Å²) in [5, 5.41) is 4.03. The van der Waals surface area contributed by atoms with E-state index < -0.39 is 0 Å². The molecule has 1 saturated heterocycles. The molecule has 0 amide bonds. The van der Waals surface area contributed by atoms with E-state index in [2.05, 4.69) is 23.9 Å². The van der Waals surface area contributed by atoms with E-state index in [-0.39, 0.29) is 0 Å². The number of hydrogen-bond acceptors (Lipinski definition) is 4. The van der Waals surface area contributed by atoms with Crippen molar-refractivity contribution in [1.29, 1.82) is 0 Å². The van der Waals surface area contributed by atoms with Crippen LogP contribution in [0.4, 0.5) is 11.4 Å². The third-order valence-electron chi connectivity index (χ3n) is 3.43. The first-order valence-corrected chi connectivity index (χ1v) is 7.56. The van der Waals surface area contributed by atoms with Crippen LogP contribution in [0.5, 0.6) is 0 Å². The Morgan fingerprint density at radius 3 is 2.89 bits per heavy atom. The molecule has 0 spiro atoms. The van der Waals surface area contributed by atoms with Crippen molar-refractivity contribution in [2.24, 2.45) is 10.2 Å². The SMILES string of the molecule is CCC(C)N1CCSC1=Nc1ccc(N=O)cc1C. The third-order valence-corrected chi connectivity index (χ3v) is 4.40. The number of aliphatic imine (C=N–C) groups is 1. The number of hydrogen-bond donors (Lipinski definition) is 0. The van der Waals surface area contributed by atoms with Gasteiger partial charge in [-0.1, -0.05) is 18.7 Å². The van der Waals surface area contributed by atoms with Gasteiger partial charge in [0.15, 0.2) is 5.17 Å². The summed E-state index contributed by atoms with van der Waals surface area (Å²) in [5.41, 5.74) is 2.37. The van der Waals surface area contributed by atoms with E-state index in [1.54, 1.807) is 23.9 Å². The molecule has 1 unspecified atom stereocenters. The van der Waals surface area contributed by atoms with Crippen LogP contribution in [0.1, 0.15) is 25.8 Å². The third kappa shape index (κ3) is 3.15. The second kappa shape index (κ2) is 6.19.